The fourth-order valence-electron chi connectivity index (χ4n) is 3.49. The van der Waals surface area contributed by atoms with Gasteiger partial charge in [-0.2, -0.15) is 0 Å². The summed E-state index contributed by atoms with van der Waals surface area (Å²) in [5.41, 5.74) is 3.01. The lowest BCUT2D eigenvalue weighted by molar-refractivity contribution is 0.256. The molecule has 2 heterocycles. The van der Waals surface area contributed by atoms with Crippen LogP contribution in [0, 0.1) is 6.92 Å². The van der Waals surface area contributed by atoms with Crippen LogP contribution in [-0.2, 0) is 19.5 Å². The Bertz CT molecular complexity index is 933. The van der Waals surface area contributed by atoms with E-state index in [0.717, 1.165) is 42.9 Å². The first-order valence-corrected chi connectivity index (χ1v) is 9.82. The Kier molecular flexibility index (Phi) is 5.37. The molecule has 0 unspecified atom stereocenters. The van der Waals surface area contributed by atoms with Gasteiger partial charge >= 0.3 is 6.03 Å². The van der Waals surface area contributed by atoms with Gasteiger partial charge in [-0.3, -0.25) is 9.47 Å². The first-order valence-electron chi connectivity index (χ1n) is 9.82. The highest BCUT2D eigenvalue weighted by molar-refractivity contribution is 6.00. The van der Waals surface area contributed by atoms with Crippen molar-refractivity contribution < 1.29 is 4.79 Å². The molecule has 0 bridgehead atoms. The molecule has 1 aliphatic heterocycles. The minimum atomic E-state index is -0.203. The molecule has 0 atom stereocenters. The number of benzene rings is 2. The number of carbonyl (C=O) groups is 1. The fraction of sp³-hybridized carbons (Fsp3) is 0.318. The molecule has 144 valence electrons. The van der Waals surface area contributed by atoms with E-state index < -0.39 is 0 Å². The highest BCUT2D eigenvalue weighted by atomic mass is 16.2. The van der Waals surface area contributed by atoms with Gasteiger partial charge in [0.25, 0.3) is 0 Å². The average Bonchev–Trinajstić information content (AvgIpc) is 2.95. The van der Waals surface area contributed by atoms with Gasteiger partial charge < -0.3 is 5.32 Å². The Balaban J connectivity index is 1.66. The molecule has 1 aromatic heterocycles. The van der Waals surface area contributed by atoms with Crippen molar-refractivity contribution in [3.63, 3.8) is 0 Å². The number of fused-ring (bicyclic) bond motifs is 1. The summed E-state index contributed by atoms with van der Waals surface area (Å²) in [5, 5.41) is 11.8. The predicted octanol–water partition coefficient (Wildman–Crippen LogP) is 4.55. The monoisotopic (exact) mass is 375 g/mol. The zero-order valence-electron chi connectivity index (χ0n) is 16.1. The third kappa shape index (κ3) is 4.06. The van der Waals surface area contributed by atoms with Gasteiger partial charge in [0.15, 0.2) is 0 Å². The van der Waals surface area contributed by atoms with Crippen molar-refractivity contribution >= 4 is 17.7 Å². The second-order valence-electron chi connectivity index (χ2n) is 7.25. The number of hydrogen-bond donors (Lipinski definition) is 1. The lowest BCUT2D eigenvalue weighted by Crippen LogP contribution is -2.36. The summed E-state index contributed by atoms with van der Waals surface area (Å²) in [6.07, 6.45) is 4.28. The Morgan fingerprint density at radius 1 is 1.04 bits per heavy atom. The molecule has 4 rings (SSSR count). The van der Waals surface area contributed by atoms with E-state index in [1.807, 2.05) is 30.3 Å². The molecule has 0 fully saturated rings. The summed E-state index contributed by atoms with van der Waals surface area (Å²) in [7, 11) is 0. The van der Waals surface area contributed by atoms with Crippen molar-refractivity contribution in [2.24, 2.45) is 0 Å². The Morgan fingerprint density at radius 3 is 2.61 bits per heavy atom. The van der Waals surface area contributed by atoms with Crippen molar-refractivity contribution in [2.75, 3.05) is 10.2 Å². The van der Waals surface area contributed by atoms with Crippen LogP contribution in [0.3, 0.4) is 0 Å². The number of amides is 2. The second-order valence-corrected chi connectivity index (χ2v) is 7.25. The molecule has 1 aliphatic rings. The quantitative estimate of drug-likeness (QED) is 0.727. The fourth-order valence-corrected chi connectivity index (χ4v) is 3.49. The van der Waals surface area contributed by atoms with Gasteiger partial charge in [0.2, 0.25) is 5.95 Å². The van der Waals surface area contributed by atoms with Crippen molar-refractivity contribution in [1.82, 2.24) is 14.8 Å². The SMILES string of the molecule is Cc1ccc(CN(C(=O)Nc2ccccc2)c2nnc3n2CCCCC3)cc1. The lowest BCUT2D eigenvalue weighted by atomic mass is 10.1. The van der Waals surface area contributed by atoms with Crippen molar-refractivity contribution in [3.8, 4) is 0 Å². The van der Waals surface area contributed by atoms with Gasteiger partial charge in [0, 0.05) is 18.7 Å². The zero-order valence-corrected chi connectivity index (χ0v) is 16.1. The number of nitrogens with one attached hydrogen (secondary N) is 1. The van der Waals surface area contributed by atoms with Crippen LogP contribution in [0.2, 0.25) is 0 Å². The molecule has 0 radical (unpaired) electrons. The first-order chi connectivity index (χ1) is 13.7. The number of rotatable bonds is 4. The standard InChI is InChI=1S/C22H25N5O/c1-17-11-13-18(14-12-17)16-27(22(28)23-19-8-4-2-5-9-19)21-25-24-20-10-6-3-7-15-26(20)21/h2,4-5,8-9,11-14H,3,6-7,10,15-16H2,1H3,(H,23,28). The number of hydrogen-bond acceptors (Lipinski definition) is 3. The van der Waals surface area contributed by atoms with Crippen LogP contribution in [0.4, 0.5) is 16.4 Å². The molecule has 28 heavy (non-hydrogen) atoms. The third-order valence-corrected chi connectivity index (χ3v) is 5.06. The van der Waals surface area contributed by atoms with Gasteiger partial charge in [-0.25, -0.2) is 4.79 Å². The smallest absolute Gasteiger partial charge is 0.307 e. The maximum absolute atomic E-state index is 13.2. The Morgan fingerprint density at radius 2 is 1.82 bits per heavy atom. The molecule has 0 aliphatic carbocycles. The summed E-state index contributed by atoms with van der Waals surface area (Å²) in [4.78, 5) is 14.9. The normalized spacial score (nSPS) is 13.5. The van der Waals surface area contributed by atoms with Gasteiger partial charge in [-0.1, -0.05) is 54.4 Å². The van der Waals surface area contributed by atoms with E-state index in [2.05, 4.69) is 51.3 Å². The number of anilines is 2. The van der Waals surface area contributed by atoms with E-state index in [1.165, 1.54) is 12.0 Å². The third-order valence-electron chi connectivity index (χ3n) is 5.06. The van der Waals surface area contributed by atoms with Crippen LogP contribution in [0.5, 0.6) is 0 Å². The van der Waals surface area contributed by atoms with Crippen molar-refractivity contribution in [3.05, 3.63) is 71.5 Å². The van der Waals surface area contributed by atoms with Crippen molar-refractivity contribution in [1.29, 1.82) is 0 Å². The van der Waals surface area contributed by atoms with Gasteiger partial charge in [-0.15, -0.1) is 10.2 Å². The largest absolute Gasteiger partial charge is 0.329 e. The lowest BCUT2D eigenvalue weighted by Gasteiger charge is -2.23. The predicted molar refractivity (Wildman–Crippen MR) is 110 cm³/mol. The van der Waals surface area contributed by atoms with Crippen LogP contribution in [-0.4, -0.2) is 20.8 Å². The van der Waals surface area contributed by atoms with E-state index in [0.29, 0.717) is 12.5 Å². The number of aromatic nitrogens is 3. The first kappa shape index (κ1) is 18.2. The molecule has 0 spiro atoms. The van der Waals surface area contributed by atoms with E-state index in [9.17, 15) is 4.79 Å². The number of para-hydroxylation sites is 1. The molecule has 1 N–H and O–H groups in total. The zero-order chi connectivity index (χ0) is 19.3. The van der Waals surface area contributed by atoms with Crippen molar-refractivity contribution in [2.45, 2.75) is 45.7 Å². The Hall–Kier alpha value is -3.15. The molecule has 2 aromatic carbocycles. The van der Waals surface area contributed by atoms with Gasteiger partial charge in [0.05, 0.1) is 6.54 Å². The molecule has 3 aromatic rings. The van der Waals surface area contributed by atoms with Crippen LogP contribution in [0.1, 0.15) is 36.2 Å². The molecular weight excluding hydrogens is 350 g/mol. The number of carbonyl (C=O) groups excluding carboxylic acids is 1. The molecule has 2 amide bonds. The van der Waals surface area contributed by atoms with E-state index in [1.54, 1.807) is 4.90 Å². The number of aryl methyl sites for hydroxylation is 2. The molecule has 0 saturated heterocycles. The van der Waals surface area contributed by atoms with Crippen LogP contribution >= 0.6 is 0 Å². The highest BCUT2D eigenvalue weighted by Gasteiger charge is 2.25. The topological polar surface area (TPSA) is 63.1 Å². The minimum Gasteiger partial charge on any atom is -0.307 e. The molecule has 0 saturated carbocycles. The summed E-state index contributed by atoms with van der Waals surface area (Å²) >= 11 is 0. The minimum absolute atomic E-state index is 0.203. The van der Waals surface area contributed by atoms with E-state index in [-0.39, 0.29) is 6.03 Å². The van der Waals surface area contributed by atoms with E-state index in [4.69, 9.17) is 0 Å². The maximum Gasteiger partial charge on any atom is 0.329 e. The summed E-state index contributed by atoms with van der Waals surface area (Å²) < 4.78 is 2.10. The van der Waals surface area contributed by atoms with Crippen LogP contribution in [0.25, 0.3) is 0 Å². The molecule has 6 nitrogen and oxygen atoms in total. The number of nitrogens with zero attached hydrogens (tertiary/aromatic N) is 4. The highest BCUT2D eigenvalue weighted by Crippen LogP contribution is 2.23. The summed E-state index contributed by atoms with van der Waals surface area (Å²) in [6.45, 7) is 3.35. The molecular formula is C22H25N5O. The number of urea groups is 1. The molecule has 6 heteroatoms. The summed E-state index contributed by atoms with van der Waals surface area (Å²) in [5.74, 6) is 1.58. The second kappa shape index (κ2) is 8.25. The Labute approximate surface area is 165 Å². The van der Waals surface area contributed by atoms with Gasteiger partial charge in [-0.05, 0) is 37.5 Å². The van der Waals surface area contributed by atoms with E-state index >= 15 is 0 Å². The average molecular weight is 375 g/mol. The van der Waals surface area contributed by atoms with Crippen LogP contribution in [0.15, 0.2) is 54.6 Å². The van der Waals surface area contributed by atoms with Crippen LogP contribution < -0.4 is 10.2 Å². The van der Waals surface area contributed by atoms with Gasteiger partial charge in [0.1, 0.15) is 5.82 Å². The summed E-state index contributed by atoms with van der Waals surface area (Å²) in [6, 6.07) is 17.5. The maximum atomic E-state index is 13.2.